The second-order valence-corrected chi connectivity index (χ2v) is 7.20. The van der Waals surface area contributed by atoms with E-state index in [-0.39, 0.29) is 23.9 Å². The number of hydrogen-bond donors (Lipinski definition) is 1. The number of nitrogens with one attached hydrogen (secondary N) is 1. The standard InChI is InChI=1S/C17H19FN2O3S/c1-3-20(12-14-5-4-6-15(18)11-14)24(22,23)17-9-7-16(8-10-17)19-13(2)21/h4-11H,3,12H2,1-2H3,(H,19,21). The molecule has 0 aliphatic heterocycles. The van der Waals surface area contributed by atoms with Gasteiger partial charge >= 0.3 is 0 Å². The quantitative estimate of drug-likeness (QED) is 0.871. The fourth-order valence-electron chi connectivity index (χ4n) is 2.27. The van der Waals surface area contributed by atoms with Crippen LogP contribution in [0.3, 0.4) is 0 Å². The predicted octanol–water partition coefficient (Wildman–Crippen LogP) is 2.99. The lowest BCUT2D eigenvalue weighted by Gasteiger charge is -2.21. The van der Waals surface area contributed by atoms with Crippen LogP contribution in [0.25, 0.3) is 0 Å². The molecule has 0 aliphatic rings. The molecule has 0 saturated carbocycles. The zero-order valence-electron chi connectivity index (χ0n) is 13.5. The first-order valence-electron chi connectivity index (χ1n) is 7.45. The van der Waals surface area contributed by atoms with Crippen molar-refractivity contribution >= 4 is 21.6 Å². The molecule has 1 amide bonds. The summed E-state index contributed by atoms with van der Waals surface area (Å²) >= 11 is 0. The lowest BCUT2D eigenvalue weighted by molar-refractivity contribution is -0.114. The molecule has 0 atom stereocenters. The van der Waals surface area contributed by atoms with Crippen molar-refractivity contribution < 1.29 is 17.6 Å². The van der Waals surface area contributed by atoms with Crippen molar-refractivity contribution in [1.29, 1.82) is 0 Å². The highest BCUT2D eigenvalue weighted by Crippen LogP contribution is 2.20. The Morgan fingerprint density at radius 1 is 1.17 bits per heavy atom. The number of nitrogens with zero attached hydrogens (tertiary/aromatic N) is 1. The molecule has 0 saturated heterocycles. The van der Waals surface area contributed by atoms with Gasteiger partial charge in [-0.05, 0) is 42.0 Å². The Hall–Kier alpha value is -2.25. The molecular weight excluding hydrogens is 331 g/mol. The lowest BCUT2D eigenvalue weighted by Crippen LogP contribution is -2.30. The van der Waals surface area contributed by atoms with Crippen LogP contribution >= 0.6 is 0 Å². The fraction of sp³-hybridized carbons (Fsp3) is 0.235. The molecule has 0 bridgehead atoms. The first-order chi connectivity index (χ1) is 11.3. The van der Waals surface area contributed by atoms with Crippen LogP contribution in [0.4, 0.5) is 10.1 Å². The monoisotopic (exact) mass is 350 g/mol. The van der Waals surface area contributed by atoms with Crippen molar-refractivity contribution in [1.82, 2.24) is 4.31 Å². The van der Waals surface area contributed by atoms with Crippen molar-refractivity contribution in [2.24, 2.45) is 0 Å². The number of halogens is 1. The van der Waals surface area contributed by atoms with Gasteiger partial charge in [-0.15, -0.1) is 0 Å². The van der Waals surface area contributed by atoms with Gasteiger partial charge in [0.15, 0.2) is 0 Å². The van der Waals surface area contributed by atoms with Gasteiger partial charge in [-0.3, -0.25) is 4.79 Å². The summed E-state index contributed by atoms with van der Waals surface area (Å²) in [6, 6.07) is 11.8. The van der Waals surface area contributed by atoms with E-state index in [2.05, 4.69) is 5.32 Å². The van der Waals surface area contributed by atoms with Crippen LogP contribution in [0.15, 0.2) is 53.4 Å². The largest absolute Gasteiger partial charge is 0.326 e. The number of hydrogen-bond acceptors (Lipinski definition) is 3. The highest BCUT2D eigenvalue weighted by molar-refractivity contribution is 7.89. The minimum atomic E-state index is -3.71. The first kappa shape index (κ1) is 18.1. The summed E-state index contributed by atoms with van der Waals surface area (Å²) in [5.74, 6) is -0.632. The van der Waals surface area contributed by atoms with E-state index in [4.69, 9.17) is 0 Å². The summed E-state index contributed by atoms with van der Waals surface area (Å²) in [7, 11) is -3.71. The van der Waals surface area contributed by atoms with E-state index >= 15 is 0 Å². The third-order valence-corrected chi connectivity index (χ3v) is 5.35. The molecule has 2 aromatic carbocycles. The first-order valence-corrected chi connectivity index (χ1v) is 8.89. The van der Waals surface area contributed by atoms with Gasteiger partial charge in [0.25, 0.3) is 0 Å². The number of amides is 1. The number of anilines is 1. The maximum Gasteiger partial charge on any atom is 0.243 e. The van der Waals surface area contributed by atoms with Crippen molar-refractivity contribution in [2.75, 3.05) is 11.9 Å². The molecule has 0 fully saturated rings. The normalized spacial score (nSPS) is 11.5. The summed E-state index contributed by atoms with van der Waals surface area (Å²) in [5, 5.41) is 2.58. The number of rotatable bonds is 6. The van der Waals surface area contributed by atoms with Gasteiger partial charge in [-0.25, -0.2) is 12.8 Å². The van der Waals surface area contributed by atoms with E-state index in [0.717, 1.165) is 0 Å². The number of sulfonamides is 1. The molecule has 128 valence electrons. The topological polar surface area (TPSA) is 66.5 Å². The Morgan fingerprint density at radius 2 is 1.83 bits per heavy atom. The smallest absolute Gasteiger partial charge is 0.243 e. The summed E-state index contributed by atoms with van der Waals surface area (Å²) in [4.78, 5) is 11.1. The molecular formula is C17H19FN2O3S. The minimum Gasteiger partial charge on any atom is -0.326 e. The maximum absolute atomic E-state index is 13.3. The van der Waals surface area contributed by atoms with E-state index in [1.54, 1.807) is 19.1 Å². The van der Waals surface area contributed by atoms with Gasteiger partial charge < -0.3 is 5.32 Å². The zero-order valence-corrected chi connectivity index (χ0v) is 14.3. The van der Waals surface area contributed by atoms with Crippen LogP contribution in [-0.2, 0) is 21.4 Å². The van der Waals surface area contributed by atoms with Gasteiger partial charge in [0, 0.05) is 25.7 Å². The fourth-order valence-corrected chi connectivity index (χ4v) is 3.71. The molecule has 7 heteroatoms. The SMILES string of the molecule is CCN(Cc1cccc(F)c1)S(=O)(=O)c1ccc(NC(C)=O)cc1. The third kappa shape index (κ3) is 4.39. The van der Waals surface area contributed by atoms with Gasteiger partial charge in [0.1, 0.15) is 5.82 Å². The van der Waals surface area contributed by atoms with Crippen molar-refractivity contribution in [2.45, 2.75) is 25.3 Å². The predicted molar refractivity (Wildman–Crippen MR) is 90.4 cm³/mol. The van der Waals surface area contributed by atoms with Crippen LogP contribution in [-0.4, -0.2) is 25.2 Å². The van der Waals surface area contributed by atoms with Crippen molar-refractivity contribution in [3.8, 4) is 0 Å². The molecule has 0 spiro atoms. The van der Waals surface area contributed by atoms with Crippen LogP contribution in [0.2, 0.25) is 0 Å². The van der Waals surface area contributed by atoms with Gasteiger partial charge in [-0.1, -0.05) is 19.1 Å². The zero-order chi connectivity index (χ0) is 17.7. The van der Waals surface area contributed by atoms with Crippen LogP contribution < -0.4 is 5.32 Å². The molecule has 0 heterocycles. The maximum atomic E-state index is 13.3. The second-order valence-electron chi connectivity index (χ2n) is 5.27. The average molecular weight is 350 g/mol. The van der Waals surface area contributed by atoms with Gasteiger partial charge in [0.05, 0.1) is 4.90 Å². The van der Waals surface area contributed by atoms with Crippen LogP contribution in [0, 0.1) is 5.82 Å². The Bertz CT molecular complexity index is 820. The van der Waals surface area contributed by atoms with E-state index in [1.807, 2.05) is 0 Å². The van der Waals surface area contributed by atoms with Crippen LogP contribution in [0.1, 0.15) is 19.4 Å². The molecule has 5 nitrogen and oxygen atoms in total. The minimum absolute atomic E-state index is 0.0873. The Labute approximate surface area is 141 Å². The summed E-state index contributed by atoms with van der Waals surface area (Å²) in [6.07, 6.45) is 0. The molecule has 24 heavy (non-hydrogen) atoms. The Kier molecular flexibility index (Phi) is 5.69. The average Bonchev–Trinajstić information content (AvgIpc) is 2.52. The Balaban J connectivity index is 2.24. The highest BCUT2D eigenvalue weighted by Gasteiger charge is 2.23. The number of carbonyl (C=O) groups excluding carboxylic acids is 1. The van der Waals surface area contributed by atoms with E-state index in [1.165, 1.54) is 47.6 Å². The molecule has 2 aromatic rings. The molecule has 2 rings (SSSR count). The van der Waals surface area contributed by atoms with E-state index in [0.29, 0.717) is 11.3 Å². The number of carbonyl (C=O) groups is 1. The molecule has 0 aromatic heterocycles. The second kappa shape index (κ2) is 7.55. The lowest BCUT2D eigenvalue weighted by atomic mass is 10.2. The summed E-state index contributed by atoms with van der Waals surface area (Å²) in [6.45, 7) is 3.45. The summed E-state index contributed by atoms with van der Waals surface area (Å²) in [5.41, 5.74) is 1.10. The third-order valence-electron chi connectivity index (χ3n) is 3.41. The van der Waals surface area contributed by atoms with Crippen LogP contribution in [0.5, 0.6) is 0 Å². The molecule has 0 radical (unpaired) electrons. The summed E-state index contributed by atoms with van der Waals surface area (Å²) < 4.78 is 40.0. The number of benzene rings is 2. The molecule has 1 N–H and O–H groups in total. The highest BCUT2D eigenvalue weighted by atomic mass is 32.2. The van der Waals surface area contributed by atoms with E-state index < -0.39 is 15.8 Å². The van der Waals surface area contributed by atoms with Gasteiger partial charge in [0.2, 0.25) is 15.9 Å². The molecule has 0 unspecified atom stereocenters. The van der Waals surface area contributed by atoms with Gasteiger partial charge in [-0.2, -0.15) is 4.31 Å². The van der Waals surface area contributed by atoms with Crippen molar-refractivity contribution in [3.63, 3.8) is 0 Å². The van der Waals surface area contributed by atoms with E-state index in [9.17, 15) is 17.6 Å². The molecule has 0 aliphatic carbocycles. The Morgan fingerprint density at radius 3 is 2.38 bits per heavy atom. The van der Waals surface area contributed by atoms with Crippen molar-refractivity contribution in [3.05, 3.63) is 59.9 Å².